The van der Waals surface area contributed by atoms with Crippen LogP contribution in [0.3, 0.4) is 0 Å². The van der Waals surface area contributed by atoms with Gasteiger partial charge in [-0.25, -0.2) is 4.79 Å². The maximum atomic E-state index is 12.8. The lowest BCUT2D eigenvalue weighted by atomic mass is 10.1. The van der Waals surface area contributed by atoms with Gasteiger partial charge in [0.25, 0.3) is 5.91 Å². The van der Waals surface area contributed by atoms with Crippen LogP contribution in [0.1, 0.15) is 36.5 Å². The first-order valence-corrected chi connectivity index (χ1v) is 9.03. The largest absolute Gasteiger partial charge is 0.493 e. The van der Waals surface area contributed by atoms with Crippen LogP contribution in [0.2, 0.25) is 0 Å². The maximum Gasteiger partial charge on any atom is 0.409 e. The zero-order valence-corrected chi connectivity index (χ0v) is 15.8. The zero-order valence-electron chi connectivity index (χ0n) is 15.8. The molecule has 1 aromatic rings. The molecule has 0 aliphatic carbocycles. The van der Waals surface area contributed by atoms with Crippen molar-refractivity contribution in [1.82, 2.24) is 9.80 Å². The lowest BCUT2D eigenvalue weighted by molar-refractivity contribution is 0.0756. The summed E-state index contributed by atoms with van der Waals surface area (Å²) in [5.74, 6) is 1.12. The summed E-state index contributed by atoms with van der Waals surface area (Å²) in [6, 6.07) is 5.25. The van der Waals surface area contributed by atoms with Gasteiger partial charge >= 0.3 is 6.09 Å². The summed E-state index contributed by atoms with van der Waals surface area (Å²) in [6.07, 6.45) is 2.38. The van der Waals surface area contributed by atoms with Crippen LogP contribution in [0, 0.1) is 0 Å². The van der Waals surface area contributed by atoms with Crippen LogP contribution in [-0.2, 0) is 4.74 Å². The van der Waals surface area contributed by atoms with Crippen molar-refractivity contribution < 1.29 is 23.8 Å². The number of rotatable bonds is 6. The van der Waals surface area contributed by atoms with Crippen LogP contribution in [-0.4, -0.2) is 68.8 Å². The molecule has 0 saturated carbocycles. The van der Waals surface area contributed by atoms with E-state index in [-0.39, 0.29) is 12.0 Å². The van der Waals surface area contributed by atoms with Gasteiger partial charge in [-0.05, 0) is 31.0 Å². The molecule has 1 heterocycles. The first kappa shape index (κ1) is 19.9. The minimum Gasteiger partial charge on any atom is -0.493 e. The lowest BCUT2D eigenvalue weighted by Crippen LogP contribution is -2.37. The summed E-state index contributed by atoms with van der Waals surface area (Å²) in [6.45, 7) is 4.85. The topological polar surface area (TPSA) is 68.3 Å². The number of carbonyl (C=O) groups excluding carboxylic acids is 2. The third kappa shape index (κ3) is 5.03. The Morgan fingerprint density at radius 1 is 1.04 bits per heavy atom. The molecule has 0 N–H and O–H groups in total. The number of ether oxygens (including phenoxy) is 3. The lowest BCUT2D eigenvalue weighted by Gasteiger charge is -2.22. The Labute approximate surface area is 154 Å². The molecule has 0 unspecified atom stereocenters. The molecule has 2 rings (SSSR count). The van der Waals surface area contributed by atoms with E-state index in [1.54, 1.807) is 35.1 Å². The van der Waals surface area contributed by atoms with Crippen molar-refractivity contribution in [2.45, 2.75) is 26.2 Å². The molecule has 1 aliphatic rings. The third-order valence-corrected chi connectivity index (χ3v) is 4.38. The number of benzene rings is 1. The van der Waals surface area contributed by atoms with Gasteiger partial charge in [0.15, 0.2) is 11.5 Å². The van der Waals surface area contributed by atoms with E-state index in [9.17, 15) is 9.59 Å². The highest BCUT2D eigenvalue weighted by Gasteiger charge is 2.23. The van der Waals surface area contributed by atoms with E-state index in [1.165, 1.54) is 7.11 Å². The summed E-state index contributed by atoms with van der Waals surface area (Å²) in [5.41, 5.74) is 0.552. The van der Waals surface area contributed by atoms with E-state index >= 15 is 0 Å². The Kier molecular flexibility index (Phi) is 7.56. The summed E-state index contributed by atoms with van der Waals surface area (Å²) < 4.78 is 15.9. The molecule has 7 nitrogen and oxygen atoms in total. The van der Waals surface area contributed by atoms with E-state index in [0.29, 0.717) is 49.8 Å². The molecule has 0 bridgehead atoms. The first-order valence-electron chi connectivity index (χ1n) is 9.03. The molecule has 0 radical (unpaired) electrons. The third-order valence-electron chi connectivity index (χ3n) is 4.38. The average molecular weight is 364 g/mol. The van der Waals surface area contributed by atoms with Gasteiger partial charge in [0, 0.05) is 31.7 Å². The number of hydrogen-bond donors (Lipinski definition) is 0. The molecular formula is C19H28N2O5. The van der Waals surface area contributed by atoms with E-state index < -0.39 is 0 Å². The van der Waals surface area contributed by atoms with E-state index in [4.69, 9.17) is 14.2 Å². The number of carbonyl (C=O) groups is 2. The Hall–Kier alpha value is -2.44. The SMILES string of the molecule is CCCCOc1ccc(C(=O)N2CCCN(C(=O)OC)CC2)cc1OC. The van der Waals surface area contributed by atoms with Crippen molar-refractivity contribution in [2.24, 2.45) is 0 Å². The normalized spacial score (nSPS) is 14.6. The average Bonchev–Trinajstić information content (AvgIpc) is 2.93. The number of hydrogen-bond acceptors (Lipinski definition) is 5. The Bertz CT molecular complexity index is 620. The molecule has 1 aliphatic heterocycles. The number of unbranched alkanes of at least 4 members (excludes halogenated alkanes) is 1. The predicted octanol–water partition coefficient (Wildman–Crippen LogP) is 2.79. The van der Waals surface area contributed by atoms with Crippen molar-refractivity contribution in [3.63, 3.8) is 0 Å². The minimum absolute atomic E-state index is 0.0740. The molecule has 0 atom stereocenters. The van der Waals surface area contributed by atoms with Crippen molar-refractivity contribution in [3.8, 4) is 11.5 Å². The second-order valence-corrected chi connectivity index (χ2v) is 6.17. The fraction of sp³-hybridized carbons (Fsp3) is 0.579. The van der Waals surface area contributed by atoms with Gasteiger partial charge in [-0.3, -0.25) is 4.79 Å². The van der Waals surface area contributed by atoms with Gasteiger partial charge in [0.2, 0.25) is 0 Å². The maximum absolute atomic E-state index is 12.8. The highest BCUT2D eigenvalue weighted by Crippen LogP contribution is 2.29. The molecule has 144 valence electrons. The second kappa shape index (κ2) is 9.89. The Morgan fingerprint density at radius 3 is 2.46 bits per heavy atom. The minimum atomic E-state index is -0.352. The van der Waals surface area contributed by atoms with Crippen molar-refractivity contribution >= 4 is 12.0 Å². The Balaban J connectivity index is 2.05. The number of nitrogens with zero attached hydrogens (tertiary/aromatic N) is 2. The van der Waals surface area contributed by atoms with Crippen molar-refractivity contribution in [2.75, 3.05) is 47.0 Å². The van der Waals surface area contributed by atoms with Gasteiger partial charge in [0.1, 0.15) is 0 Å². The zero-order chi connectivity index (χ0) is 18.9. The number of amides is 2. The summed E-state index contributed by atoms with van der Waals surface area (Å²) in [5, 5.41) is 0. The molecule has 0 spiro atoms. The highest BCUT2D eigenvalue weighted by molar-refractivity contribution is 5.95. The highest BCUT2D eigenvalue weighted by atomic mass is 16.5. The molecule has 7 heteroatoms. The van der Waals surface area contributed by atoms with E-state index in [2.05, 4.69) is 6.92 Å². The quantitative estimate of drug-likeness (QED) is 0.726. The van der Waals surface area contributed by atoms with Gasteiger partial charge in [-0.15, -0.1) is 0 Å². The standard InChI is InChI=1S/C19H28N2O5/c1-4-5-13-26-16-8-7-15(14-17(16)24-2)18(22)20-9-6-10-21(12-11-20)19(23)25-3/h7-8,14H,4-6,9-13H2,1-3H3. The molecule has 2 amide bonds. The predicted molar refractivity (Wildman–Crippen MR) is 97.9 cm³/mol. The van der Waals surface area contributed by atoms with Gasteiger partial charge < -0.3 is 24.0 Å². The second-order valence-electron chi connectivity index (χ2n) is 6.17. The molecule has 1 fully saturated rings. The summed E-state index contributed by atoms with van der Waals surface area (Å²) >= 11 is 0. The van der Waals surface area contributed by atoms with Crippen LogP contribution in [0.4, 0.5) is 4.79 Å². The summed E-state index contributed by atoms with van der Waals surface area (Å²) in [4.78, 5) is 27.9. The molecule has 1 aromatic carbocycles. The monoisotopic (exact) mass is 364 g/mol. The fourth-order valence-electron chi connectivity index (χ4n) is 2.86. The van der Waals surface area contributed by atoms with Crippen molar-refractivity contribution in [3.05, 3.63) is 23.8 Å². The molecule has 1 saturated heterocycles. The van der Waals surface area contributed by atoms with Crippen LogP contribution >= 0.6 is 0 Å². The van der Waals surface area contributed by atoms with Crippen LogP contribution in [0.15, 0.2) is 18.2 Å². The van der Waals surface area contributed by atoms with E-state index in [1.807, 2.05) is 0 Å². The van der Waals surface area contributed by atoms with Crippen LogP contribution in [0.5, 0.6) is 11.5 Å². The van der Waals surface area contributed by atoms with Crippen molar-refractivity contribution in [1.29, 1.82) is 0 Å². The van der Waals surface area contributed by atoms with E-state index in [0.717, 1.165) is 19.3 Å². The fourth-order valence-corrected chi connectivity index (χ4v) is 2.86. The van der Waals surface area contributed by atoms with Crippen LogP contribution in [0.25, 0.3) is 0 Å². The first-order chi connectivity index (χ1) is 12.6. The summed E-state index contributed by atoms with van der Waals surface area (Å²) in [7, 11) is 2.93. The molecule has 26 heavy (non-hydrogen) atoms. The number of methoxy groups -OCH3 is 2. The van der Waals surface area contributed by atoms with Gasteiger partial charge in [0.05, 0.1) is 20.8 Å². The van der Waals surface area contributed by atoms with Crippen LogP contribution < -0.4 is 9.47 Å². The molecular weight excluding hydrogens is 336 g/mol. The smallest absolute Gasteiger partial charge is 0.409 e. The Morgan fingerprint density at radius 2 is 1.77 bits per heavy atom. The molecule has 0 aromatic heterocycles. The van der Waals surface area contributed by atoms with Gasteiger partial charge in [-0.1, -0.05) is 13.3 Å². The van der Waals surface area contributed by atoms with Gasteiger partial charge in [-0.2, -0.15) is 0 Å².